The monoisotopic (exact) mass is 324 g/mol. The second kappa shape index (κ2) is 5.66. The second-order valence-electron chi connectivity index (χ2n) is 2.97. The van der Waals surface area contributed by atoms with Gasteiger partial charge in [-0.3, -0.25) is 4.98 Å². The van der Waals surface area contributed by atoms with Crippen LogP contribution < -0.4 is 5.32 Å². The number of pyridine rings is 1. The van der Waals surface area contributed by atoms with Crippen molar-refractivity contribution in [3.05, 3.63) is 21.3 Å². The first-order chi connectivity index (χ1) is 6.61. The zero-order valence-corrected chi connectivity index (χ0v) is 10.9. The van der Waals surface area contributed by atoms with Gasteiger partial charge >= 0.3 is 0 Å². The van der Waals surface area contributed by atoms with E-state index in [1.807, 2.05) is 0 Å². The fourth-order valence-corrected chi connectivity index (χ4v) is 2.19. The number of alkyl halides is 1. The highest BCUT2D eigenvalue weighted by Crippen LogP contribution is 2.29. The van der Waals surface area contributed by atoms with Gasteiger partial charge in [0.1, 0.15) is 0 Å². The Bertz CT molecular complexity index is 285. The van der Waals surface area contributed by atoms with Crippen molar-refractivity contribution in [2.24, 2.45) is 0 Å². The Morgan fingerprint density at radius 1 is 1.43 bits per heavy atom. The molecule has 1 heterocycles. The molecule has 1 aromatic heterocycles. The topological polar surface area (TPSA) is 24.9 Å². The van der Waals surface area contributed by atoms with Crippen LogP contribution in [0, 0.1) is 0 Å². The molecule has 0 aliphatic carbocycles. The Kier molecular flexibility index (Phi) is 4.81. The van der Waals surface area contributed by atoms with Crippen molar-refractivity contribution in [2.45, 2.75) is 19.5 Å². The minimum Gasteiger partial charge on any atom is -0.383 e. The van der Waals surface area contributed by atoms with Crippen LogP contribution in [0.2, 0.25) is 0 Å². The first-order valence-corrected chi connectivity index (χ1v) is 5.87. The van der Waals surface area contributed by atoms with Gasteiger partial charge in [-0.15, -0.1) is 0 Å². The lowest BCUT2D eigenvalue weighted by Gasteiger charge is -2.10. The summed E-state index contributed by atoms with van der Waals surface area (Å²) in [6.07, 6.45) is 3.13. The van der Waals surface area contributed by atoms with E-state index in [0.717, 1.165) is 14.6 Å². The summed E-state index contributed by atoms with van der Waals surface area (Å²) in [5.74, 6) is 0. The van der Waals surface area contributed by atoms with E-state index in [-0.39, 0.29) is 0 Å². The summed E-state index contributed by atoms with van der Waals surface area (Å²) < 4.78 is 14.3. The average molecular weight is 326 g/mol. The van der Waals surface area contributed by atoms with Crippen LogP contribution >= 0.6 is 31.9 Å². The number of anilines is 1. The molecule has 0 bridgehead atoms. The number of hydrogen-bond donors (Lipinski definition) is 1. The third kappa shape index (κ3) is 3.53. The van der Waals surface area contributed by atoms with E-state index in [2.05, 4.69) is 42.2 Å². The van der Waals surface area contributed by atoms with Gasteiger partial charge < -0.3 is 5.32 Å². The Labute approximate surface area is 99.6 Å². The first-order valence-electron chi connectivity index (χ1n) is 4.28. The van der Waals surface area contributed by atoms with Gasteiger partial charge in [-0.05, 0) is 45.2 Å². The zero-order chi connectivity index (χ0) is 10.6. The van der Waals surface area contributed by atoms with E-state index in [4.69, 9.17) is 0 Å². The molecule has 0 radical (unpaired) electrons. The van der Waals surface area contributed by atoms with Crippen LogP contribution in [-0.4, -0.2) is 17.7 Å². The van der Waals surface area contributed by atoms with Crippen LogP contribution in [0.15, 0.2) is 21.3 Å². The molecule has 0 aliphatic rings. The van der Waals surface area contributed by atoms with Gasteiger partial charge in [0.2, 0.25) is 0 Å². The third-order valence-electron chi connectivity index (χ3n) is 1.70. The lowest BCUT2D eigenvalue weighted by atomic mass is 10.3. The summed E-state index contributed by atoms with van der Waals surface area (Å²) in [6, 6.07) is 0. The highest BCUT2D eigenvalue weighted by atomic mass is 79.9. The highest BCUT2D eigenvalue weighted by molar-refractivity contribution is 9.11. The molecule has 0 spiro atoms. The number of hydrogen-bond acceptors (Lipinski definition) is 2. The predicted molar refractivity (Wildman–Crippen MR) is 63.3 cm³/mol. The molecule has 1 N–H and O–H groups in total. The molecule has 0 amide bonds. The minimum atomic E-state index is -0.776. The van der Waals surface area contributed by atoms with Gasteiger partial charge in [-0.2, -0.15) is 0 Å². The van der Waals surface area contributed by atoms with E-state index in [0.29, 0.717) is 13.0 Å². The Hall–Kier alpha value is -0.160. The molecule has 0 fully saturated rings. The average Bonchev–Trinajstić information content (AvgIpc) is 2.09. The summed E-state index contributed by atoms with van der Waals surface area (Å²) >= 11 is 6.73. The normalized spacial score (nSPS) is 12.6. The van der Waals surface area contributed by atoms with Crippen LogP contribution in [0.1, 0.15) is 13.3 Å². The molecule has 1 unspecified atom stereocenters. The van der Waals surface area contributed by atoms with E-state index < -0.39 is 6.17 Å². The van der Waals surface area contributed by atoms with E-state index >= 15 is 0 Å². The summed E-state index contributed by atoms with van der Waals surface area (Å²) in [5.41, 5.74) is 0.917. The van der Waals surface area contributed by atoms with Crippen LogP contribution in [0.25, 0.3) is 0 Å². The SMILES string of the molecule is CC(F)CCNc1c(Br)cncc1Br. The maximum Gasteiger partial charge on any atom is 0.0990 e. The van der Waals surface area contributed by atoms with Crippen molar-refractivity contribution < 1.29 is 4.39 Å². The molecule has 2 nitrogen and oxygen atoms in total. The van der Waals surface area contributed by atoms with Gasteiger partial charge in [0.15, 0.2) is 0 Å². The summed E-state index contributed by atoms with van der Waals surface area (Å²) in [5, 5.41) is 3.14. The van der Waals surface area contributed by atoms with Gasteiger partial charge in [-0.1, -0.05) is 0 Å². The minimum absolute atomic E-state index is 0.501. The maximum atomic E-state index is 12.5. The Morgan fingerprint density at radius 3 is 2.50 bits per heavy atom. The third-order valence-corrected chi connectivity index (χ3v) is 2.90. The fraction of sp³-hybridized carbons (Fsp3) is 0.444. The number of aromatic nitrogens is 1. The molecule has 1 aromatic rings. The largest absolute Gasteiger partial charge is 0.383 e. The number of halogens is 3. The molecule has 14 heavy (non-hydrogen) atoms. The number of rotatable bonds is 4. The Balaban J connectivity index is 2.58. The fourth-order valence-electron chi connectivity index (χ4n) is 0.976. The highest BCUT2D eigenvalue weighted by Gasteiger charge is 2.05. The molecule has 5 heteroatoms. The molecule has 1 atom stereocenters. The van der Waals surface area contributed by atoms with E-state index in [1.54, 1.807) is 19.3 Å². The quantitative estimate of drug-likeness (QED) is 0.911. The van der Waals surface area contributed by atoms with Crippen LogP contribution in [0.4, 0.5) is 10.1 Å². The number of nitrogens with one attached hydrogen (secondary N) is 1. The molecule has 0 aliphatic heterocycles. The maximum absolute atomic E-state index is 12.5. The molecular formula is C9H11Br2FN2. The smallest absolute Gasteiger partial charge is 0.0990 e. The van der Waals surface area contributed by atoms with Gasteiger partial charge in [0.05, 0.1) is 20.8 Å². The first kappa shape index (κ1) is 11.9. The molecule has 0 aromatic carbocycles. The zero-order valence-electron chi connectivity index (χ0n) is 7.73. The van der Waals surface area contributed by atoms with Gasteiger partial charge in [0.25, 0.3) is 0 Å². The van der Waals surface area contributed by atoms with Crippen molar-refractivity contribution in [3.63, 3.8) is 0 Å². The predicted octanol–water partition coefficient (Wildman–Crippen LogP) is 3.77. The molecule has 78 valence electrons. The van der Waals surface area contributed by atoms with Gasteiger partial charge in [0, 0.05) is 18.9 Å². The van der Waals surface area contributed by atoms with Crippen molar-refractivity contribution in [1.29, 1.82) is 0 Å². The summed E-state index contributed by atoms with van der Waals surface area (Å²) in [7, 11) is 0. The van der Waals surface area contributed by atoms with Crippen molar-refractivity contribution in [2.75, 3.05) is 11.9 Å². The van der Waals surface area contributed by atoms with Crippen molar-refractivity contribution in [1.82, 2.24) is 4.98 Å². The second-order valence-corrected chi connectivity index (χ2v) is 4.68. The standard InChI is InChI=1S/C9H11Br2FN2/c1-6(12)2-3-14-9-7(10)4-13-5-8(9)11/h4-6H,2-3H2,1H3,(H,13,14). The van der Waals surface area contributed by atoms with E-state index in [9.17, 15) is 4.39 Å². The molecule has 0 saturated heterocycles. The van der Waals surface area contributed by atoms with E-state index in [1.165, 1.54) is 0 Å². The summed E-state index contributed by atoms with van der Waals surface area (Å²) in [6.45, 7) is 2.16. The molecule has 0 saturated carbocycles. The van der Waals surface area contributed by atoms with Crippen LogP contribution in [0.5, 0.6) is 0 Å². The molecule has 1 rings (SSSR count). The lowest BCUT2D eigenvalue weighted by molar-refractivity contribution is 0.348. The van der Waals surface area contributed by atoms with Crippen molar-refractivity contribution in [3.8, 4) is 0 Å². The van der Waals surface area contributed by atoms with Gasteiger partial charge in [-0.25, -0.2) is 4.39 Å². The van der Waals surface area contributed by atoms with Crippen LogP contribution in [-0.2, 0) is 0 Å². The molecular weight excluding hydrogens is 315 g/mol. The van der Waals surface area contributed by atoms with Crippen LogP contribution in [0.3, 0.4) is 0 Å². The lowest BCUT2D eigenvalue weighted by Crippen LogP contribution is -2.07. The number of nitrogens with zero attached hydrogens (tertiary/aromatic N) is 1. The summed E-state index contributed by atoms with van der Waals surface area (Å²) in [4.78, 5) is 3.98. The van der Waals surface area contributed by atoms with Crippen molar-refractivity contribution >= 4 is 37.5 Å². The Morgan fingerprint density at radius 2 is 2.00 bits per heavy atom.